The third-order valence-corrected chi connectivity index (χ3v) is 6.72. The summed E-state index contributed by atoms with van der Waals surface area (Å²) < 4.78 is 10.2. The minimum absolute atomic E-state index is 0.0593. The van der Waals surface area contributed by atoms with Crippen LogP contribution in [0.15, 0.2) is 35.0 Å². The molecule has 3 heterocycles. The normalized spacial score (nSPS) is 31.4. The monoisotopic (exact) mass is 400 g/mol. The van der Waals surface area contributed by atoms with Crippen molar-refractivity contribution in [3.63, 3.8) is 0 Å². The van der Waals surface area contributed by atoms with E-state index in [-0.39, 0.29) is 29.6 Å². The van der Waals surface area contributed by atoms with Crippen LogP contribution in [0, 0.1) is 11.8 Å². The first-order valence-electron chi connectivity index (χ1n) is 10.1. The van der Waals surface area contributed by atoms with Gasteiger partial charge < -0.3 is 19.7 Å². The molecule has 0 aliphatic carbocycles. The fourth-order valence-electron chi connectivity index (χ4n) is 5.30. The van der Waals surface area contributed by atoms with Crippen LogP contribution in [0.3, 0.4) is 0 Å². The highest BCUT2D eigenvalue weighted by atomic mass is 16.5. The van der Waals surface area contributed by atoms with Crippen LogP contribution < -0.4 is 0 Å². The molecule has 0 spiro atoms. The Morgan fingerprint density at radius 2 is 2.21 bits per heavy atom. The van der Waals surface area contributed by atoms with E-state index in [9.17, 15) is 15.0 Å². The first kappa shape index (κ1) is 19.9. The van der Waals surface area contributed by atoms with Gasteiger partial charge in [0.2, 0.25) is 0 Å². The van der Waals surface area contributed by atoms with Gasteiger partial charge in [-0.25, -0.2) is 4.79 Å². The molecule has 7 nitrogen and oxygen atoms in total. The number of fused-ring (bicyclic) bond motifs is 5. The maximum Gasteiger partial charge on any atom is 0.337 e. The van der Waals surface area contributed by atoms with Gasteiger partial charge in [0.05, 0.1) is 49.1 Å². The molecule has 3 aliphatic rings. The second-order valence-corrected chi connectivity index (χ2v) is 8.10. The van der Waals surface area contributed by atoms with Gasteiger partial charge in [0, 0.05) is 13.1 Å². The predicted octanol–water partition coefficient (Wildman–Crippen LogP) is 2.49. The number of hydrogen-bond donors (Lipinski definition) is 2. The molecule has 0 amide bonds. The summed E-state index contributed by atoms with van der Waals surface area (Å²) >= 11 is 0. The van der Waals surface area contributed by atoms with Crippen LogP contribution in [0.5, 0.6) is 5.75 Å². The number of nitrogens with zero attached hydrogens (tertiary/aromatic N) is 2. The van der Waals surface area contributed by atoms with Crippen LogP contribution in [0.2, 0.25) is 0 Å². The molecule has 29 heavy (non-hydrogen) atoms. The van der Waals surface area contributed by atoms with Gasteiger partial charge in [-0.3, -0.25) is 9.89 Å². The van der Waals surface area contributed by atoms with Crippen LogP contribution in [-0.4, -0.2) is 60.1 Å². The Balaban J connectivity index is 1.72. The van der Waals surface area contributed by atoms with Gasteiger partial charge in [-0.15, -0.1) is 0 Å². The first-order chi connectivity index (χ1) is 13.9. The number of aromatic hydroxyl groups is 1. The van der Waals surface area contributed by atoms with Gasteiger partial charge in [-0.2, -0.15) is 0 Å². The van der Waals surface area contributed by atoms with Crippen molar-refractivity contribution in [3.8, 4) is 5.75 Å². The lowest BCUT2D eigenvalue weighted by Crippen LogP contribution is -2.60. The van der Waals surface area contributed by atoms with Gasteiger partial charge >= 0.3 is 5.97 Å². The highest BCUT2D eigenvalue weighted by molar-refractivity contribution is 6.05. The number of aliphatic hydroxyl groups is 1. The van der Waals surface area contributed by atoms with E-state index >= 15 is 0 Å². The maximum atomic E-state index is 12.4. The number of phenols is 1. The van der Waals surface area contributed by atoms with Crippen LogP contribution in [0.25, 0.3) is 0 Å². The number of carbonyl (C=O) groups is 1. The smallest absolute Gasteiger partial charge is 0.337 e. The van der Waals surface area contributed by atoms with E-state index in [4.69, 9.17) is 14.5 Å². The van der Waals surface area contributed by atoms with Crippen molar-refractivity contribution in [1.82, 2.24) is 4.90 Å². The Hall–Kier alpha value is -2.38. The number of phenolic OH excluding ortho intramolecular Hbond substituents is 1. The molecule has 0 aromatic heterocycles. The van der Waals surface area contributed by atoms with Gasteiger partial charge in [-0.05, 0) is 36.8 Å². The molecule has 156 valence electrons. The standard InChI is InChI=1S/C22H28N2O5/c1-4-13-11-24-9-8-22(27)19-16(6-5-7-18(19)25)23-20(22)17(24)10-14(13)15(12-28-2)21(26)29-3/h5-7,12-14,17,25,27H,4,8-11H2,1-3H3/b15-12+/t13-,14+,17+,22+/m1/s1. The number of rotatable bonds is 4. The van der Waals surface area contributed by atoms with E-state index in [0.29, 0.717) is 41.9 Å². The van der Waals surface area contributed by atoms with Crippen molar-refractivity contribution in [2.24, 2.45) is 16.8 Å². The quantitative estimate of drug-likeness (QED) is 0.458. The largest absolute Gasteiger partial charge is 0.507 e. The molecule has 0 unspecified atom stereocenters. The van der Waals surface area contributed by atoms with E-state index in [1.165, 1.54) is 20.5 Å². The van der Waals surface area contributed by atoms with Crippen molar-refractivity contribution in [2.75, 3.05) is 27.3 Å². The Morgan fingerprint density at radius 1 is 1.41 bits per heavy atom. The van der Waals surface area contributed by atoms with E-state index in [1.54, 1.807) is 12.1 Å². The number of hydrogen-bond acceptors (Lipinski definition) is 7. The Kier molecular flexibility index (Phi) is 5.12. The molecule has 1 aromatic rings. The molecule has 3 aliphatic heterocycles. The average Bonchev–Trinajstić information content (AvgIpc) is 3.04. The van der Waals surface area contributed by atoms with Crippen molar-refractivity contribution in [3.05, 3.63) is 35.6 Å². The van der Waals surface area contributed by atoms with Crippen molar-refractivity contribution >= 4 is 17.4 Å². The van der Waals surface area contributed by atoms with Crippen LogP contribution >= 0.6 is 0 Å². The topological polar surface area (TPSA) is 91.6 Å². The molecule has 2 N–H and O–H groups in total. The second kappa shape index (κ2) is 7.46. The number of piperidine rings is 2. The van der Waals surface area contributed by atoms with Gasteiger partial charge in [-0.1, -0.05) is 19.4 Å². The fraction of sp³-hybridized carbons (Fsp3) is 0.545. The van der Waals surface area contributed by atoms with Gasteiger partial charge in [0.15, 0.2) is 0 Å². The molecule has 4 rings (SSSR count). The molecule has 7 heteroatoms. The molecule has 0 radical (unpaired) electrons. The maximum absolute atomic E-state index is 12.4. The summed E-state index contributed by atoms with van der Waals surface area (Å²) in [4.78, 5) is 19.5. The first-order valence-corrected chi connectivity index (χ1v) is 10.1. The highest BCUT2D eigenvalue weighted by Crippen LogP contribution is 2.51. The number of ether oxygens (including phenoxy) is 2. The summed E-state index contributed by atoms with van der Waals surface area (Å²) in [7, 11) is 2.90. The number of aliphatic imine (C=N–C) groups is 1. The van der Waals surface area contributed by atoms with Crippen LogP contribution in [-0.2, 0) is 19.9 Å². The molecule has 4 atom stereocenters. The lowest BCUT2D eigenvalue weighted by Gasteiger charge is -2.50. The van der Waals surface area contributed by atoms with Crippen molar-refractivity contribution in [1.29, 1.82) is 0 Å². The minimum atomic E-state index is -1.26. The van der Waals surface area contributed by atoms with E-state index in [2.05, 4.69) is 11.8 Å². The summed E-state index contributed by atoms with van der Waals surface area (Å²) in [6, 6.07) is 5.04. The molecular weight excluding hydrogens is 372 g/mol. The van der Waals surface area contributed by atoms with E-state index < -0.39 is 5.60 Å². The molecule has 0 bridgehead atoms. The predicted molar refractivity (Wildman–Crippen MR) is 108 cm³/mol. The Labute approximate surface area is 170 Å². The van der Waals surface area contributed by atoms with Crippen LogP contribution in [0.4, 0.5) is 5.69 Å². The second-order valence-electron chi connectivity index (χ2n) is 8.10. The number of carbonyl (C=O) groups excluding carboxylic acids is 1. The zero-order valence-corrected chi connectivity index (χ0v) is 17.1. The van der Waals surface area contributed by atoms with Crippen LogP contribution in [0.1, 0.15) is 31.7 Å². The molecule has 2 saturated heterocycles. The summed E-state index contributed by atoms with van der Waals surface area (Å²) in [5.74, 6) is -0.0960. The number of esters is 1. The summed E-state index contributed by atoms with van der Waals surface area (Å²) in [6.07, 6.45) is 3.54. The fourth-order valence-corrected chi connectivity index (χ4v) is 5.30. The molecule has 2 fully saturated rings. The number of methoxy groups -OCH3 is 2. The molecular formula is C22H28N2O5. The summed E-state index contributed by atoms with van der Waals surface area (Å²) in [5, 5.41) is 21.9. The van der Waals surface area contributed by atoms with E-state index in [0.717, 1.165) is 13.0 Å². The lowest BCUT2D eigenvalue weighted by atomic mass is 9.70. The van der Waals surface area contributed by atoms with Gasteiger partial charge in [0.25, 0.3) is 0 Å². The number of benzene rings is 1. The summed E-state index contributed by atoms with van der Waals surface area (Å²) in [6.45, 7) is 3.64. The lowest BCUT2D eigenvalue weighted by molar-refractivity contribution is -0.137. The Morgan fingerprint density at radius 3 is 2.90 bits per heavy atom. The molecule has 0 saturated carbocycles. The van der Waals surface area contributed by atoms with Gasteiger partial charge in [0.1, 0.15) is 11.4 Å². The Bertz CT molecular complexity index is 880. The zero-order valence-electron chi connectivity index (χ0n) is 17.1. The zero-order chi connectivity index (χ0) is 20.8. The highest BCUT2D eigenvalue weighted by Gasteiger charge is 2.54. The van der Waals surface area contributed by atoms with E-state index in [1.807, 2.05) is 6.07 Å². The van der Waals surface area contributed by atoms with Crippen molar-refractivity contribution in [2.45, 2.75) is 37.8 Å². The summed E-state index contributed by atoms with van der Waals surface area (Å²) in [5.41, 5.74) is 1.06. The third-order valence-electron chi connectivity index (χ3n) is 6.72. The van der Waals surface area contributed by atoms with Crippen molar-refractivity contribution < 1.29 is 24.5 Å². The molecule has 1 aromatic carbocycles. The average molecular weight is 400 g/mol. The third kappa shape index (κ3) is 3.04. The SMILES string of the molecule is CC[C@@H]1CN2CC[C@@]3(O)C(=Nc4cccc(O)c43)[C@@H]2C[C@@H]1/C(=C\OC)C(=O)OC. The minimum Gasteiger partial charge on any atom is -0.507 e.